The molecule has 0 fully saturated rings. The molecule has 0 radical (unpaired) electrons. The standard InChI is InChI=1S/C31H23NO/c1-2-8-22(9-3-1)23-14-18-25(19-15-23)32-26-20-16-24(17-21-26)27-10-4-5-12-29-28-11-6-7-13-30(28)33-31(27)29/h1-4,6-21,32H,5H2. The number of benzene rings is 4. The first-order valence-electron chi connectivity index (χ1n) is 11.3. The first kappa shape index (κ1) is 19.4. The van der Waals surface area contributed by atoms with Gasteiger partial charge in [-0.05, 0) is 53.4 Å². The molecule has 0 unspecified atom stereocenters. The molecular formula is C31H23NO. The van der Waals surface area contributed by atoms with Crippen molar-refractivity contribution < 1.29 is 4.42 Å². The van der Waals surface area contributed by atoms with Gasteiger partial charge in [0.05, 0.1) is 0 Å². The van der Waals surface area contributed by atoms with Gasteiger partial charge in [0.1, 0.15) is 11.0 Å². The zero-order valence-corrected chi connectivity index (χ0v) is 18.2. The molecule has 1 heterocycles. The van der Waals surface area contributed by atoms with Gasteiger partial charge in [0.2, 0.25) is 0 Å². The third kappa shape index (κ3) is 3.77. The van der Waals surface area contributed by atoms with E-state index in [1.54, 1.807) is 0 Å². The van der Waals surface area contributed by atoms with E-state index < -0.39 is 0 Å². The second-order valence-electron chi connectivity index (χ2n) is 8.24. The summed E-state index contributed by atoms with van der Waals surface area (Å²) in [6, 6.07) is 35.8. The van der Waals surface area contributed by atoms with Gasteiger partial charge < -0.3 is 9.73 Å². The zero-order valence-electron chi connectivity index (χ0n) is 18.2. The minimum atomic E-state index is 0.901. The highest BCUT2D eigenvalue weighted by molar-refractivity contribution is 5.83. The summed E-state index contributed by atoms with van der Waals surface area (Å²) in [6.45, 7) is 0. The first-order valence-corrected chi connectivity index (χ1v) is 11.3. The Morgan fingerprint density at radius 1 is 0.606 bits per heavy atom. The van der Waals surface area contributed by atoms with Crippen LogP contribution in [-0.4, -0.2) is 0 Å². The van der Waals surface area contributed by atoms with Gasteiger partial charge >= 0.3 is 0 Å². The molecule has 6 rings (SSSR count). The number of fused-ring (bicyclic) bond motifs is 3. The summed E-state index contributed by atoms with van der Waals surface area (Å²) in [4.78, 5) is 0. The Hall–Kier alpha value is -4.30. The number of hydrogen-bond acceptors (Lipinski definition) is 2. The van der Waals surface area contributed by atoms with Gasteiger partial charge in [-0.25, -0.2) is 0 Å². The highest BCUT2D eigenvalue weighted by Crippen LogP contribution is 2.24. The van der Waals surface area contributed by atoms with E-state index in [0.717, 1.165) is 39.9 Å². The molecule has 1 aliphatic rings. The average Bonchev–Trinajstić information content (AvgIpc) is 3.11. The van der Waals surface area contributed by atoms with Gasteiger partial charge in [-0.3, -0.25) is 0 Å². The van der Waals surface area contributed by atoms with E-state index in [1.165, 1.54) is 21.7 Å². The Morgan fingerprint density at radius 3 is 2.00 bits per heavy atom. The second kappa shape index (κ2) is 8.33. The van der Waals surface area contributed by atoms with Gasteiger partial charge in [-0.1, -0.05) is 91.0 Å². The quantitative estimate of drug-likeness (QED) is 0.343. The highest BCUT2D eigenvalue weighted by atomic mass is 16.3. The molecule has 0 atom stereocenters. The van der Waals surface area contributed by atoms with Crippen LogP contribution in [0, 0.1) is 0 Å². The van der Waals surface area contributed by atoms with E-state index in [4.69, 9.17) is 4.42 Å². The summed E-state index contributed by atoms with van der Waals surface area (Å²) >= 11 is 0. The summed E-state index contributed by atoms with van der Waals surface area (Å²) in [6.07, 6.45) is 7.52. The number of allylic oxidation sites excluding steroid dienone is 2. The maximum atomic E-state index is 6.28. The molecular weight excluding hydrogens is 402 g/mol. The number of hydrogen-bond donors (Lipinski definition) is 1. The average molecular weight is 426 g/mol. The van der Waals surface area contributed by atoms with Gasteiger partial charge in [0, 0.05) is 27.6 Å². The minimum Gasteiger partial charge on any atom is -0.455 e. The Balaban J connectivity index is 1.30. The lowest BCUT2D eigenvalue weighted by Crippen LogP contribution is -2.22. The number of nitrogens with one attached hydrogen (secondary N) is 1. The maximum absolute atomic E-state index is 6.28. The van der Waals surface area contributed by atoms with Crippen LogP contribution in [0.3, 0.4) is 0 Å². The Bertz CT molecular complexity index is 1570. The van der Waals surface area contributed by atoms with Crippen molar-refractivity contribution in [3.8, 4) is 11.1 Å². The molecule has 33 heavy (non-hydrogen) atoms. The molecule has 1 aliphatic carbocycles. The number of para-hydroxylation sites is 1. The van der Waals surface area contributed by atoms with Crippen LogP contribution in [0.4, 0.5) is 11.4 Å². The predicted octanol–water partition coefficient (Wildman–Crippen LogP) is 6.78. The van der Waals surface area contributed by atoms with E-state index in [9.17, 15) is 0 Å². The van der Waals surface area contributed by atoms with E-state index in [2.05, 4.69) is 108 Å². The van der Waals surface area contributed by atoms with Crippen molar-refractivity contribution in [2.45, 2.75) is 6.42 Å². The molecule has 4 aromatic carbocycles. The third-order valence-corrected chi connectivity index (χ3v) is 6.10. The molecule has 2 nitrogen and oxygen atoms in total. The van der Waals surface area contributed by atoms with Crippen molar-refractivity contribution >= 4 is 34.0 Å². The third-order valence-electron chi connectivity index (χ3n) is 6.10. The van der Waals surface area contributed by atoms with E-state index >= 15 is 0 Å². The topological polar surface area (TPSA) is 25.2 Å². The van der Waals surface area contributed by atoms with Gasteiger partial charge in [-0.15, -0.1) is 0 Å². The zero-order chi connectivity index (χ0) is 22.0. The molecule has 0 spiro atoms. The largest absolute Gasteiger partial charge is 0.455 e. The van der Waals surface area contributed by atoms with Crippen molar-refractivity contribution in [3.05, 3.63) is 131 Å². The van der Waals surface area contributed by atoms with Crippen molar-refractivity contribution in [2.24, 2.45) is 0 Å². The summed E-state index contributed by atoms with van der Waals surface area (Å²) in [5.41, 5.74) is 8.71. The summed E-state index contributed by atoms with van der Waals surface area (Å²) in [5.74, 6) is 0. The Kier molecular flexibility index (Phi) is 4.89. The highest BCUT2D eigenvalue weighted by Gasteiger charge is 2.10. The molecule has 0 amide bonds. The van der Waals surface area contributed by atoms with Crippen molar-refractivity contribution in [1.29, 1.82) is 0 Å². The molecule has 1 N–H and O–H groups in total. The molecule has 1 aromatic heterocycles. The summed E-state index contributed by atoms with van der Waals surface area (Å²) < 4.78 is 6.28. The van der Waals surface area contributed by atoms with Crippen LogP contribution >= 0.6 is 0 Å². The van der Waals surface area contributed by atoms with Crippen LogP contribution in [0.2, 0.25) is 0 Å². The van der Waals surface area contributed by atoms with Crippen molar-refractivity contribution in [3.63, 3.8) is 0 Å². The van der Waals surface area contributed by atoms with Crippen molar-refractivity contribution in [1.82, 2.24) is 0 Å². The second-order valence-corrected chi connectivity index (χ2v) is 8.24. The number of anilines is 2. The monoisotopic (exact) mass is 425 g/mol. The maximum Gasteiger partial charge on any atom is 0.142 e. The fourth-order valence-electron chi connectivity index (χ4n) is 4.42. The van der Waals surface area contributed by atoms with Crippen LogP contribution in [0.5, 0.6) is 0 Å². The summed E-state index contributed by atoms with van der Waals surface area (Å²) in [7, 11) is 0. The number of furan rings is 1. The molecule has 158 valence electrons. The van der Waals surface area contributed by atoms with Crippen molar-refractivity contribution in [2.75, 3.05) is 5.32 Å². The Morgan fingerprint density at radius 2 is 1.24 bits per heavy atom. The lowest BCUT2D eigenvalue weighted by molar-refractivity contribution is 0.573. The first-order chi connectivity index (χ1) is 16.3. The van der Waals surface area contributed by atoms with E-state index in [0.29, 0.717) is 0 Å². The molecule has 5 aromatic rings. The molecule has 0 saturated heterocycles. The molecule has 0 bridgehead atoms. The lowest BCUT2D eigenvalue weighted by atomic mass is 10.0. The van der Waals surface area contributed by atoms with Crippen LogP contribution in [0.15, 0.2) is 120 Å². The van der Waals surface area contributed by atoms with Gasteiger partial charge in [-0.2, -0.15) is 0 Å². The van der Waals surface area contributed by atoms with E-state index in [-0.39, 0.29) is 0 Å². The van der Waals surface area contributed by atoms with Gasteiger partial charge in [0.25, 0.3) is 0 Å². The van der Waals surface area contributed by atoms with Crippen LogP contribution < -0.4 is 16.0 Å². The fraction of sp³-hybridized carbons (Fsp3) is 0.0323. The molecule has 0 aliphatic heterocycles. The molecule has 2 heteroatoms. The van der Waals surface area contributed by atoms with E-state index in [1.807, 2.05) is 18.2 Å². The lowest BCUT2D eigenvalue weighted by Gasteiger charge is -2.09. The van der Waals surface area contributed by atoms with Crippen LogP contribution in [0.25, 0.3) is 33.7 Å². The molecule has 0 saturated carbocycles. The normalized spacial score (nSPS) is 12.8. The number of rotatable bonds is 4. The fourth-order valence-corrected chi connectivity index (χ4v) is 4.42. The van der Waals surface area contributed by atoms with Crippen LogP contribution in [-0.2, 0) is 0 Å². The minimum absolute atomic E-state index is 0.901. The predicted molar refractivity (Wildman–Crippen MR) is 138 cm³/mol. The van der Waals surface area contributed by atoms with Crippen LogP contribution in [0.1, 0.15) is 12.0 Å². The summed E-state index contributed by atoms with van der Waals surface area (Å²) in [5, 5.41) is 5.87. The Labute approximate surface area is 192 Å². The van der Waals surface area contributed by atoms with Gasteiger partial charge in [0.15, 0.2) is 0 Å². The SMILES string of the molecule is C1=CC(c2ccc(Nc3ccc(-c4ccccc4)cc3)cc2)=c2oc3ccccc3c2=CC1. The smallest absolute Gasteiger partial charge is 0.142 e.